The number of carbonyl (C=O) groups excluding carboxylic acids is 2. The summed E-state index contributed by atoms with van der Waals surface area (Å²) in [7, 11) is -3.38. The number of hydrogen-bond acceptors (Lipinski definition) is 4. The number of benzene rings is 2. The quantitative estimate of drug-likeness (QED) is 0.522. The molecule has 1 aromatic heterocycles. The van der Waals surface area contributed by atoms with Gasteiger partial charge in [-0.1, -0.05) is 29.8 Å². The Kier molecular flexibility index (Phi) is 5.74. The number of para-hydroxylation sites is 1. The van der Waals surface area contributed by atoms with Gasteiger partial charge in [0, 0.05) is 41.1 Å². The predicted molar refractivity (Wildman–Crippen MR) is 120 cm³/mol. The van der Waals surface area contributed by atoms with Crippen LogP contribution in [-0.4, -0.2) is 50.6 Å². The number of nitrogens with zero attached hydrogens (tertiary/aromatic N) is 1. The molecule has 162 valence electrons. The summed E-state index contributed by atoms with van der Waals surface area (Å²) in [6, 6.07) is 13.6. The van der Waals surface area contributed by atoms with Crippen molar-refractivity contribution in [2.75, 3.05) is 24.2 Å². The minimum atomic E-state index is -3.38. The summed E-state index contributed by atoms with van der Waals surface area (Å²) >= 11 is 6.01. The molecule has 3 aromatic rings. The van der Waals surface area contributed by atoms with Gasteiger partial charge >= 0.3 is 0 Å². The zero-order chi connectivity index (χ0) is 22.2. The van der Waals surface area contributed by atoms with E-state index in [0.717, 1.165) is 22.7 Å². The second kappa shape index (κ2) is 8.33. The maximum Gasteiger partial charge on any atom is 0.268 e. The van der Waals surface area contributed by atoms with Gasteiger partial charge in [0.2, 0.25) is 15.9 Å². The van der Waals surface area contributed by atoms with Crippen LogP contribution in [0.15, 0.2) is 48.5 Å². The van der Waals surface area contributed by atoms with Crippen LogP contribution in [0.5, 0.6) is 0 Å². The molecule has 1 aliphatic rings. The average Bonchev–Trinajstić information content (AvgIpc) is 3.13. The van der Waals surface area contributed by atoms with Crippen molar-refractivity contribution in [2.45, 2.75) is 12.5 Å². The average molecular weight is 461 g/mol. The van der Waals surface area contributed by atoms with Crippen LogP contribution in [0.3, 0.4) is 0 Å². The second-order valence-electron chi connectivity index (χ2n) is 7.43. The van der Waals surface area contributed by atoms with E-state index in [1.165, 1.54) is 4.90 Å². The molecule has 0 fully saturated rings. The van der Waals surface area contributed by atoms with Crippen molar-refractivity contribution in [3.05, 3.63) is 64.8 Å². The predicted octanol–water partition coefficient (Wildman–Crippen LogP) is 2.06. The molecule has 31 heavy (non-hydrogen) atoms. The highest BCUT2D eigenvalue weighted by Gasteiger charge is 2.33. The van der Waals surface area contributed by atoms with E-state index < -0.39 is 22.0 Å². The number of rotatable bonds is 6. The topological polar surface area (TPSA) is 111 Å². The molecule has 0 saturated carbocycles. The monoisotopic (exact) mass is 460 g/mol. The Morgan fingerprint density at radius 1 is 1.23 bits per heavy atom. The molecular formula is C21H21ClN4O4S. The highest BCUT2D eigenvalue weighted by Crippen LogP contribution is 2.28. The second-order valence-corrected chi connectivity index (χ2v) is 9.70. The van der Waals surface area contributed by atoms with E-state index in [0.29, 0.717) is 22.8 Å². The maximum atomic E-state index is 13.1. The van der Waals surface area contributed by atoms with Crippen LogP contribution >= 0.6 is 11.6 Å². The first-order valence-electron chi connectivity index (χ1n) is 9.64. The molecule has 1 atom stereocenters. The van der Waals surface area contributed by atoms with Gasteiger partial charge in [0.1, 0.15) is 11.7 Å². The summed E-state index contributed by atoms with van der Waals surface area (Å²) in [6.45, 7) is 0.225. The van der Waals surface area contributed by atoms with E-state index >= 15 is 0 Å². The summed E-state index contributed by atoms with van der Waals surface area (Å²) in [4.78, 5) is 30.5. The number of hydrogen-bond donors (Lipinski definition) is 3. The van der Waals surface area contributed by atoms with Crippen molar-refractivity contribution in [1.29, 1.82) is 0 Å². The van der Waals surface area contributed by atoms with Crippen molar-refractivity contribution in [3.63, 3.8) is 0 Å². The van der Waals surface area contributed by atoms with Crippen LogP contribution in [0.1, 0.15) is 16.1 Å². The number of fused-ring (bicyclic) bond motifs is 2. The fraction of sp³-hybridized carbons (Fsp3) is 0.238. The van der Waals surface area contributed by atoms with Crippen molar-refractivity contribution in [1.82, 2.24) is 15.0 Å². The van der Waals surface area contributed by atoms with E-state index in [9.17, 15) is 18.0 Å². The number of nitrogens with one attached hydrogen (secondary N) is 3. The maximum absolute atomic E-state index is 13.1. The first-order chi connectivity index (χ1) is 14.7. The molecule has 8 nitrogen and oxygen atoms in total. The number of halogens is 1. The first kappa shape index (κ1) is 21.4. The van der Waals surface area contributed by atoms with Gasteiger partial charge < -0.3 is 15.2 Å². The molecule has 0 bridgehead atoms. The summed E-state index contributed by atoms with van der Waals surface area (Å²) < 4.78 is 25.2. The van der Waals surface area contributed by atoms with Crippen LogP contribution in [0.4, 0.5) is 5.69 Å². The Hall–Kier alpha value is -2.88. The van der Waals surface area contributed by atoms with Gasteiger partial charge in [-0.15, -0.1) is 0 Å². The lowest BCUT2D eigenvalue weighted by Gasteiger charge is -2.34. The number of anilines is 1. The largest absolute Gasteiger partial charge is 0.351 e. The van der Waals surface area contributed by atoms with Gasteiger partial charge in [-0.3, -0.25) is 9.59 Å². The van der Waals surface area contributed by atoms with Gasteiger partial charge in [0.15, 0.2) is 0 Å². The molecule has 0 aliphatic carbocycles. The van der Waals surface area contributed by atoms with E-state index in [-0.39, 0.29) is 19.0 Å². The summed E-state index contributed by atoms with van der Waals surface area (Å²) in [5.74, 6) is -0.694. The molecule has 2 amide bonds. The number of aromatic nitrogens is 1. The SMILES string of the molecule is CS(=O)(=O)NCCN1C(=O)C(NC(=O)c2cc3cc(Cl)ccc3[nH]2)Cc2ccccc21. The minimum Gasteiger partial charge on any atom is -0.351 e. The first-order valence-corrected chi connectivity index (χ1v) is 11.9. The highest BCUT2D eigenvalue weighted by molar-refractivity contribution is 7.88. The van der Waals surface area contributed by atoms with Crippen molar-refractivity contribution in [3.8, 4) is 0 Å². The Balaban J connectivity index is 1.54. The van der Waals surface area contributed by atoms with Crippen LogP contribution in [0.2, 0.25) is 5.02 Å². The molecule has 4 rings (SSSR count). The lowest BCUT2D eigenvalue weighted by molar-refractivity contribution is -0.120. The molecule has 0 spiro atoms. The van der Waals surface area contributed by atoms with Crippen molar-refractivity contribution < 1.29 is 18.0 Å². The molecular weight excluding hydrogens is 440 g/mol. The number of H-pyrrole nitrogens is 1. The number of carbonyl (C=O) groups is 2. The molecule has 0 saturated heterocycles. The van der Waals surface area contributed by atoms with Crippen molar-refractivity contribution >= 4 is 50.0 Å². The normalized spacial score (nSPS) is 16.4. The van der Waals surface area contributed by atoms with Gasteiger partial charge in [0.25, 0.3) is 5.91 Å². The fourth-order valence-corrected chi connectivity index (χ4v) is 4.35. The molecule has 1 aliphatic heterocycles. The van der Waals surface area contributed by atoms with E-state index in [2.05, 4.69) is 15.0 Å². The summed E-state index contributed by atoms with van der Waals surface area (Å²) in [5, 5.41) is 4.17. The van der Waals surface area contributed by atoms with Crippen LogP contribution in [0.25, 0.3) is 10.9 Å². The Bertz CT molecular complexity index is 1270. The summed E-state index contributed by atoms with van der Waals surface area (Å²) in [6.07, 6.45) is 1.42. The lowest BCUT2D eigenvalue weighted by atomic mass is 9.97. The van der Waals surface area contributed by atoms with Crippen LogP contribution in [-0.2, 0) is 21.2 Å². The van der Waals surface area contributed by atoms with Gasteiger partial charge in [-0.05, 0) is 35.9 Å². The third kappa shape index (κ3) is 4.73. The lowest BCUT2D eigenvalue weighted by Crippen LogP contribution is -2.54. The standard InChI is InChI=1S/C21H21ClN4O4S/c1-31(29,30)23-8-9-26-19-5-3-2-4-13(19)11-18(21(26)28)25-20(27)17-12-14-10-15(22)6-7-16(14)24-17/h2-7,10,12,18,23-24H,8-9,11H2,1H3,(H,25,27). The zero-order valence-electron chi connectivity index (χ0n) is 16.7. The number of aromatic amines is 1. The molecule has 10 heteroatoms. The molecule has 0 radical (unpaired) electrons. The Morgan fingerprint density at radius 2 is 2.00 bits per heavy atom. The van der Waals surface area contributed by atoms with E-state index in [1.807, 2.05) is 24.3 Å². The van der Waals surface area contributed by atoms with Crippen LogP contribution < -0.4 is 14.9 Å². The van der Waals surface area contributed by atoms with E-state index in [4.69, 9.17) is 11.6 Å². The molecule has 2 aromatic carbocycles. The summed E-state index contributed by atoms with van der Waals surface area (Å²) in [5.41, 5.74) is 2.71. The van der Waals surface area contributed by atoms with E-state index in [1.54, 1.807) is 24.3 Å². The third-order valence-corrected chi connectivity index (χ3v) is 6.07. The zero-order valence-corrected chi connectivity index (χ0v) is 18.3. The third-order valence-electron chi connectivity index (χ3n) is 5.10. The van der Waals surface area contributed by atoms with Gasteiger partial charge in [-0.25, -0.2) is 13.1 Å². The molecule has 3 N–H and O–H groups in total. The van der Waals surface area contributed by atoms with Crippen molar-refractivity contribution in [2.24, 2.45) is 0 Å². The number of sulfonamides is 1. The number of amides is 2. The molecule has 2 heterocycles. The van der Waals surface area contributed by atoms with Gasteiger partial charge in [-0.2, -0.15) is 0 Å². The fourth-order valence-electron chi connectivity index (χ4n) is 3.71. The molecule has 1 unspecified atom stereocenters. The van der Waals surface area contributed by atoms with Gasteiger partial charge in [0.05, 0.1) is 6.26 Å². The Morgan fingerprint density at radius 3 is 2.77 bits per heavy atom. The minimum absolute atomic E-state index is 0.0718. The Labute approximate surface area is 184 Å². The smallest absolute Gasteiger partial charge is 0.268 e. The van der Waals surface area contributed by atoms with Crippen LogP contribution in [0, 0.1) is 0 Å². The highest BCUT2D eigenvalue weighted by atomic mass is 35.5.